The van der Waals surface area contributed by atoms with Crippen LogP contribution in [0.15, 0.2) is 18.2 Å². The van der Waals surface area contributed by atoms with E-state index < -0.39 is 0 Å². The lowest BCUT2D eigenvalue weighted by atomic mass is 10.0. The molecule has 2 heteroatoms. The van der Waals surface area contributed by atoms with Gasteiger partial charge >= 0.3 is 0 Å². The predicted molar refractivity (Wildman–Crippen MR) is 70.4 cm³/mol. The van der Waals surface area contributed by atoms with Crippen LogP contribution in [0.3, 0.4) is 0 Å². The summed E-state index contributed by atoms with van der Waals surface area (Å²) in [4.78, 5) is 11.3. The third kappa shape index (κ3) is 2.75. The number of aryl methyl sites for hydroxylation is 1. The molecule has 2 nitrogen and oxygen atoms in total. The van der Waals surface area contributed by atoms with Crippen molar-refractivity contribution in [3.05, 3.63) is 34.9 Å². The molecule has 1 N–H and O–H groups in total. The van der Waals surface area contributed by atoms with Gasteiger partial charge in [0.1, 0.15) is 0 Å². The molecular formula is C15H21NO. The molecule has 0 amide bonds. The monoisotopic (exact) mass is 231 g/mol. The lowest BCUT2D eigenvalue weighted by molar-refractivity contribution is 0.101. The van der Waals surface area contributed by atoms with E-state index in [1.165, 1.54) is 11.1 Å². The molecule has 1 aromatic carbocycles. The summed E-state index contributed by atoms with van der Waals surface area (Å²) in [5, 5.41) is 3.64. The highest BCUT2D eigenvalue weighted by molar-refractivity contribution is 5.94. The van der Waals surface area contributed by atoms with Crippen LogP contribution < -0.4 is 5.32 Å². The highest BCUT2D eigenvalue weighted by Gasteiger charge is 2.26. The molecule has 0 bridgehead atoms. The summed E-state index contributed by atoms with van der Waals surface area (Å²) >= 11 is 0. The molecule has 17 heavy (non-hydrogen) atoms. The number of Topliss-reactive ketones (excluding diaryl/α,β-unsaturated/α-hetero) is 1. The van der Waals surface area contributed by atoms with Crippen molar-refractivity contribution in [3.63, 3.8) is 0 Å². The Balaban J connectivity index is 2.25. The molecule has 0 aliphatic heterocycles. The van der Waals surface area contributed by atoms with Gasteiger partial charge in [0.25, 0.3) is 0 Å². The summed E-state index contributed by atoms with van der Waals surface area (Å²) in [5.41, 5.74) is 3.66. The number of carbonyl (C=O) groups is 1. The Morgan fingerprint density at radius 1 is 1.35 bits per heavy atom. The second-order valence-electron chi connectivity index (χ2n) is 5.96. The zero-order valence-electron chi connectivity index (χ0n) is 11.1. The predicted octanol–water partition coefficient (Wildman–Crippen LogP) is 3.26. The van der Waals surface area contributed by atoms with Crippen molar-refractivity contribution in [1.82, 2.24) is 5.32 Å². The Morgan fingerprint density at radius 3 is 2.65 bits per heavy atom. The van der Waals surface area contributed by atoms with E-state index in [1.54, 1.807) is 6.92 Å². The van der Waals surface area contributed by atoms with Gasteiger partial charge in [-0.15, -0.1) is 0 Å². The molecule has 92 valence electrons. The van der Waals surface area contributed by atoms with Gasteiger partial charge in [-0.1, -0.05) is 12.1 Å². The lowest BCUT2D eigenvalue weighted by Gasteiger charge is -2.26. The molecule has 1 aliphatic rings. The van der Waals surface area contributed by atoms with Crippen molar-refractivity contribution in [2.75, 3.05) is 0 Å². The van der Waals surface area contributed by atoms with Gasteiger partial charge in [0.05, 0.1) is 0 Å². The first-order valence-corrected chi connectivity index (χ1v) is 6.28. The summed E-state index contributed by atoms with van der Waals surface area (Å²) in [6.07, 6.45) is 2.21. The van der Waals surface area contributed by atoms with Crippen molar-refractivity contribution >= 4 is 5.78 Å². The van der Waals surface area contributed by atoms with Gasteiger partial charge in [-0.2, -0.15) is 0 Å². The fraction of sp³-hybridized carbons (Fsp3) is 0.533. The number of hydrogen-bond acceptors (Lipinski definition) is 2. The van der Waals surface area contributed by atoms with Crippen LogP contribution in [0.1, 0.15) is 61.6 Å². The van der Waals surface area contributed by atoms with Crippen molar-refractivity contribution < 1.29 is 4.79 Å². The van der Waals surface area contributed by atoms with Gasteiger partial charge in [0, 0.05) is 17.1 Å². The number of rotatable bonds is 2. The zero-order chi connectivity index (χ0) is 12.6. The molecule has 0 saturated carbocycles. The van der Waals surface area contributed by atoms with Crippen LogP contribution in [0.25, 0.3) is 0 Å². The summed E-state index contributed by atoms with van der Waals surface area (Å²) in [6, 6.07) is 6.56. The molecule has 0 saturated heterocycles. The SMILES string of the molecule is CC(=O)c1ccc2c(c1)CCC2NC(C)(C)C. The second-order valence-corrected chi connectivity index (χ2v) is 5.96. The largest absolute Gasteiger partial charge is 0.305 e. The molecule has 0 aromatic heterocycles. The average Bonchev–Trinajstić information content (AvgIpc) is 2.58. The van der Waals surface area contributed by atoms with Gasteiger partial charge < -0.3 is 5.32 Å². The van der Waals surface area contributed by atoms with Gasteiger partial charge in [-0.3, -0.25) is 4.79 Å². The van der Waals surface area contributed by atoms with Crippen LogP contribution in [0, 0.1) is 0 Å². The molecule has 1 aromatic rings. The summed E-state index contributed by atoms with van der Waals surface area (Å²) in [7, 11) is 0. The minimum absolute atomic E-state index is 0.130. The minimum Gasteiger partial charge on any atom is -0.305 e. The van der Waals surface area contributed by atoms with Crippen LogP contribution in [-0.2, 0) is 6.42 Å². The molecule has 2 rings (SSSR count). The van der Waals surface area contributed by atoms with Crippen LogP contribution in [0.5, 0.6) is 0 Å². The highest BCUT2D eigenvalue weighted by atomic mass is 16.1. The Hall–Kier alpha value is -1.15. The first-order valence-electron chi connectivity index (χ1n) is 6.28. The Kier molecular flexibility index (Phi) is 3.09. The summed E-state index contributed by atoms with van der Waals surface area (Å²) in [5.74, 6) is 0.153. The maximum Gasteiger partial charge on any atom is 0.159 e. The first kappa shape index (κ1) is 12.3. The first-order chi connectivity index (χ1) is 7.87. The summed E-state index contributed by atoms with van der Waals surface area (Å²) in [6.45, 7) is 8.19. The third-order valence-electron chi connectivity index (χ3n) is 3.23. The van der Waals surface area contributed by atoms with E-state index in [1.807, 2.05) is 6.07 Å². The standard InChI is InChI=1S/C15H21NO/c1-10(17)11-5-7-13-12(9-11)6-8-14(13)16-15(2,3)4/h5,7,9,14,16H,6,8H2,1-4H3. The van der Waals surface area contributed by atoms with Crippen molar-refractivity contribution in [2.24, 2.45) is 0 Å². The number of nitrogens with one attached hydrogen (secondary N) is 1. The molecule has 1 unspecified atom stereocenters. The lowest BCUT2D eigenvalue weighted by Crippen LogP contribution is -2.38. The van der Waals surface area contributed by atoms with E-state index in [2.05, 4.69) is 38.2 Å². The average molecular weight is 231 g/mol. The fourth-order valence-electron chi connectivity index (χ4n) is 2.51. The van der Waals surface area contributed by atoms with Crippen LogP contribution in [0.2, 0.25) is 0 Å². The highest BCUT2D eigenvalue weighted by Crippen LogP contribution is 2.33. The van der Waals surface area contributed by atoms with Gasteiger partial charge in [0.2, 0.25) is 0 Å². The van der Waals surface area contributed by atoms with E-state index in [9.17, 15) is 4.79 Å². The van der Waals surface area contributed by atoms with E-state index in [-0.39, 0.29) is 11.3 Å². The smallest absolute Gasteiger partial charge is 0.159 e. The molecule has 1 aliphatic carbocycles. The van der Waals surface area contributed by atoms with Crippen molar-refractivity contribution in [3.8, 4) is 0 Å². The molecule has 0 heterocycles. The Morgan fingerprint density at radius 2 is 2.06 bits per heavy atom. The number of carbonyl (C=O) groups excluding carboxylic acids is 1. The van der Waals surface area contributed by atoms with Crippen molar-refractivity contribution in [1.29, 1.82) is 0 Å². The van der Waals surface area contributed by atoms with Crippen LogP contribution in [0.4, 0.5) is 0 Å². The normalized spacial score (nSPS) is 19.2. The fourth-order valence-corrected chi connectivity index (χ4v) is 2.51. The van der Waals surface area contributed by atoms with E-state index in [0.29, 0.717) is 6.04 Å². The molecule has 0 fully saturated rings. The van der Waals surface area contributed by atoms with E-state index in [0.717, 1.165) is 18.4 Å². The van der Waals surface area contributed by atoms with E-state index in [4.69, 9.17) is 0 Å². The molecule has 1 atom stereocenters. The van der Waals surface area contributed by atoms with Gasteiger partial charge in [0.15, 0.2) is 5.78 Å². The van der Waals surface area contributed by atoms with Gasteiger partial charge in [-0.25, -0.2) is 0 Å². The Labute approximate surface area is 103 Å². The maximum atomic E-state index is 11.3. The van der Waals surface area contributed by atoms with Crippen LogP contribution >= 0.6 is 0 Å². The Bertz CT molecular complexity index is 443. The molecular weight excluding hydrogens is 210 g/mol. The summed E-state index contributed by atoms with van der Waals surface area (Å²) < 4.78 is 0. The molecule has 0 spiro atoms. The second kappa shape index (κ2) is 4.26. The number of fused-ring (bicyclic) bond motifs is 1. The van der Waals surface area contributed by atoms with E-state index >= 15 is 0 Å². The number of ketones is 1. The topological polar surface area (TPSA) is 29.1 Å². The quantitative estimate of drug-likeness (QED) is 0.791. The number of benzene rings is 1. The maximum absolute atomic E-state index is 11.3. The van der Waals surface area contributed by atoms with Gasteiger partial charge in [-0.05, 0) is 57.7 Å². The van der Waals surface area contributed by atoms with Crippen molar-refractivity contribution in [2.45, 2.75) is 52.1 Å². The van der Waals surface area contributed by atoms with Crippen LogP contribution in [-0.4, -0.2) is 11.3 Å². The zero-order valence-corrected chi connectivity index (χ0v) is 11.1. The third-order valence-corrected chi connectivity index (χ3v) is 3.23. The molecule has 0 radical (unpaired) electrons. The number of hydrogen-bond donors (Lipinski definition) is 1. The minimum atomic E-state index is 0.130.